The number of nitrogens with one attached hydrogen (secondary N) is 1. The number of aliphatic hydroxyl groups excluding tert-OH is 1. The van der Waals surface area contributed by atoms with Gasteiger partial charge in [0.25, 0.3) is 0 Å². The lowest BCUT2D eigenvalue weighted by Crippen LogP contribution is -2.44. The van der Waals surface area contributed by atoms with Gasteiger partial charge in [0.1, 0.15) is 0 Å². The maximum atomic E-state index is 11.7. The quantitative estimate of drug-likeness (QED) is 0.699. The molecule has 0 saturated carbocycles. The number of carbonyl (C=O) groups is 2. The van der Waals surface area contributed by atoms with Crippen molar-refractivity contribution in [3.63, 3.8) is 0 Å². The molecule has 0 aliphatic rings. The van der Waals surface area contributed by atoms with E-state index in [4.69, 9.17) is 5.11 Å². The van der Waals surface area contributed by atoms with Crippen LogP contribution in [0.25, 0.3) is 0 Å². The van der Waals surface area contributed by atoms with Gasteiger partial charge in [0.15, 0.2) is 6.04 Å². The summed E-state index contributed by atoms with van der Waals surface area (Å²) in [7, 11) is 1.22. The smallest absolute Gasteiger partial charge is 0.330 e. The van der Waals surface area contributed by atoms with Crippen LogP contribution in [0.3, 0.4) is 0 Å². The fourth-order valence-electron chi connectivity index (χ4n) is 1.16. The highest BCUT2D eigenvalue weighted by Crippen LogP contribution is 2.27. The standard InChI is InChI=1S/C12H23NO4/c1-8(12(2,3)4)6-10(15)13-9(7-14)11(16)17-5/h8-9,14H,6-7H2,1-5H3,(H,13,15). The van der Waals surface area contributed by atoms with Gasteiger partial charge in [-0.15, -0.1) is 0 Å². The van der Waals surface area contributed by atoms with Gasteiger partial charge < -0.3 is 15.2 Å². The average Bonchev–Trinajstić information content (AvgIpc) is 2.23. The molecule has 0 aromatic carbocycles. The van der Waals surface area contributed by atoms with Gasteiger partial charge in [-0.05, 0) is 11.3 Å². The van der Waals surface area contributed by atoms with E-state index in [2.05, 4.69) is 30.8 Å². The van der Waals surface area contributed by atoms with E-state index in [0.717, 1.165) is 0 Å². The molecule has 0 aromatic rings. The normalized spacial score (nSPS) is 14.9. The Balaban J connectivity index is 4.30. The molecule has 0 aliphatic heterocycles. The third-order valence-electron chi connectivity index (χ3n) is 2.97. The average molecular weight is 245 g/mol. The highest BCUT2D eigenvalue weighted by atomic mass is 16.5. The zero-order chi connectivity index (χ0) is 13.6. The summed E-state index contributed by atoms with van der Waals surface area (Å²) in [6.45, 7) is 7.67. The summed E-state index contributed by atoms with van der Waals surface area (Å²) in [5, 5.41) is 11.4. The van der Waals surface area contributed by atoms with E-state index >= 15 is 0 Å². The highest BCUT2D eigenvalue weighted by molar-refractivity contribution is 5.84. The summed E-state index contributed by atoms with van der Waals surface area (Å²) in [5.41, 5.74) is 0.0251. The molecular weight excluding hydrogens is 222 g/mol. The monoisotopic (exact) mass is 245 g/mol. The summed E-state index contributed by atoms with van der Waals surface area (Å²) in [6.07, 6.45) is 0.316. The molecule has 1 amide bonds. The number of rotatable bonds is 5. The number of ether oxygens (including phenoxy) is 1. The Labute approximate surface area is 103 Å². The van der Waals surface area contributed by atoms with Gasteiger partial charge in [0, 0.05) is 6.42 Å². The fourth-order valence-corrected chi connectivity index (χ4v) is 1.16. The molecule has 2 unspecified atom stereocenters. The van der Waals surface area contributed by atoms with Crippen molar-refractivity contribution in [2.45, 2.75) is 40.2 Å². The van der Waals surface area contributed by atoms with Crippen LogP contribution in [-0.4, -0.2) is 36.7 Å². The minimum Gasteiger partial charge on any atom is -0.467 e. The van der Waals surface area contributed by atoms with Crippen LogP contribution in [0.5, 0.6) is 0 Å². The zero-order valence-electron chi connectivity index (χ0n) is 11.2. The van der Waals surface area contributed by atoms with Crippen molar-refractivity contribution in [3.05, 3.63) is 0 Å². The lowest BCUT2D eigenvalue weighted by atomic mass is 9.80. The molecule has 0 bridgehead atoms. The van der Waals surface area contributed by atoms with E-state index in [0.29, 0.717) is 6.42 Å². The Kier molecular flexibility index (Phi) is 6.16. The van der Waals surface area contributed by atoms with Crippen molar-refractivity contribution in [1.29, 1.82) is 0 Å². The first-order valence-corrected chi connectivity index (χ1v) is 5.70. The molecule has 0 saturated heterocycles. The summed E-state index contributed by atoms with van der Waals surface area (Å²) in [6, 6.07) is -0.973. The number of amides is 1. The third-order valence-corrected chi connectivity index (χ3v) is 2.97. The van der Waals surface area contributed by atoms with Gasteiger partial charge in [-0.1, -0.05) is 27.7 Å². The molecule has 17 heavy (non-hydrogen) atoms. The lowest BCUT2D eigenvalue weighted by molar-refractivity contribution is -0.146. The van der Waals surface area contributed by atoms with Gasteiger partial charge in [0.2, 0.25) is 5.91 Å². The molecule has 0 fully saturated rings. The highest BCUT2D eigenvalue weighted by Gasteiger charge is 2.25. The molecule has 0 spiro atoms. The number of hydrogen-bond donors (Lipinski definition) is 2. The van der Waals surface area contributed by atoms with Crippen LogP contribution in [-0.2, 0) is 14.3 Å². The topological polar surface area (TPSA) is 75.6 Å². The van der Waals surface area contributed by atoms with Crippen LogP contribution >= 0.6 is 0 Å². The van der Waals surface area contributed by atoms with Crippen molar-refractivity contribution >= 4 is 11.9 Å². The molecular formula is C12H23NO4. The first-order valence-electron chi connectivity index (χ1n) is 5.70. The van der Waals surface area contributed by atoms with E-state index in [1.165, 1.54) is 7.11 Å². The van der Waals surface area contributed by atoms with Crippen molar-refractivity contribution in [1.82, 2.24) is 5.32 Å². The summed E-state index contributed by atoms with van der Waals surface area (Å²) in [5.74, 6) is -0.708. The Hall–Kier alpha value is -1.10. The third kappa shape index (κ3) is 5.68. The predicted octanol–water partition coefficient (Wildman–Crippen LogP) is 0.709. The predicted molar refractivity (Wildman–Crippen MR) is 64.3 cm³/mol. The van der Waals surface area contributed by atoms with Crippen LogP contribution in [0, 0.1) is 11.3 Å². The van der Waals surface area contributed by atoms with Crippen molar-refractivity contribution in [2.75, 3.05) is 13.7 Å². The Morgan fingerprint density at radius 2 is 1.88 bits per heavy atom. The number of carbonyl (C=O) groups excluding carboxylic acids is 2. The first-order chi connectivity index (χ1) is 7.72. The Morgan fingerprint density at radius 3 is 2.24 bits per heavy atom. The minimum atomic E-state index is -0.973. The van der Waals surface area contributed by atoms with Gasteiger partial charge in [-0.2, -0.15) is 0 Å². The molecule has 5 nitrogen and oxygen atoms in total. The van der Waals surface area contributed by atoms with Crippen LogP contribution in [0.4, 0.5) is 0 Å². The number of hydrogen-bond acceptors (Lipinski definition) is 4. The van der Waals surface area contributed by atoms with Crippen molar-refractivity contribution < 1.29 is 19.4 Å². The minimum absolute atomic E-state index is 0.0251. The van der Waals surface area contributed by atoms with Crippen LogP contribution in [0.1, 0.15) is 34.1 Å². The van der Waals surface area contributed by atoms with E-state index in [1.807, 2.05) is 6.92 Å². The SMILES string of the molecule is COC(=O)C(CO)NC(=O)CC(C)C(C)(C)C. The summed E-state index contributed by atoms with van der Waals surface area (Å²) in [4.78, 5) is 22.8. The maximum Gasteiger partial charge on any atom is 0.330 e. The zero-order valence-corrected chi connectivity index (χ0v) is 11.2. The molecule has 2 N–H and O–H groups in total. The lowest BCUT2D eigenvalue weighted by Gasteiger charge is -2.27. The number of aliphatic hydroxyl groups is 1. The molecule has 0 aliphatic carbocycles. The number of esters is 1. The first kappa shape index (κ1) is 15.9. The molecule has 0 rings (SSSR count). The fraction of sp³-hybridized carbons (Fsp3) is 0.833. The van der Waals surface area contributed by atoms with E-state index in [1.54, 1.807) is 0 Å². The molecule has 0 aromatic heterocycles. The molecule has 0 radical (unpaired) electrons. The Bertz CT molecular complexity index is 270. The van der Waals surface area contributed by atoms with E-state index in [9.17, 15) is 9.59 Å². The second kappa shape index (κ2) is 6.59. The maximum absolute atomic E-state index is 11.7. The van der Waals surface area contributed by atoms with Gasteiger partial charge in [-0.25, -0.2) is 4.79 Å². The van der Waals surface area contributed by atoms with Crippen LogP contribution < -0.4 is 5.32 Å². The molecule has 5 heteroatoms. The Morgan fingerprint density at radius 1 is 1.35 bits per heavy atom. The van der Waals surface area contributed by atoms with Gasteiger partial charge >= 0.3 is 5.97 Å². The second-order valence-electron chi connectivity index (χ2n) is 5.30. The van der Waals surface area contributed by atoms with Gasteiger partial charge in [0.05, 0.1) is 13.7 Å². The summed E-state index contributed by atoms with van der Waals surface area (Å²) >= 11 is 0. The molecule has 0 heterocycles. The van der Waals surface area contributed by atoms with E-state index in [-0.39, 0.29) is 17.2 Å². The molecule has 100 valence electrons. The molecule has 2 atom stereocenters. The van der Waals surface area contributed by atoms with E-state index < -0.39 is 18.6 Å². The van der Waals surface area contributed by atoms with Gasteiger partial charge in [-0.3, -0.25) is 4.79 Å². The summed E-state index contributed by atoms with van der Waals surface area (Å²) < 4.78 is 4.46. The van der Waals surface area contributed by atoms with Crippen LogP contribution in [0.2, 0.25) is 0 Å². The van der Waals surface area contributed by atoms with Crippen LogP contribution in [0.15, 0.2) is 0 Å². The number of methoxy groups -OCH3 is 1. The second-order valence-corrected chi connectivity index (χ2v) is 5.30. The largest absolute Gasteiger partial charge is 0.467 e. The van der Waals surface area contributed by atoms with Crippen molar-refractivity contribution in [2.24, 2.45) is 11.3 Å². The van der Waals surface area contributed by atoms with Crippen molar-refractivity contribution in [3.8, 4) is 0 Å².